The van der Waals surface area contributed by atoms with Crippen LogP contribution in [0.25, 0.3) is 0 Å². The number of benzene rings is 1. The number of alkyl halides is 3. The van der Waals surface area contributed by atoms with Crippen molar-refractivity contribution in [2.75, 3.05) is 26.2 Å². The van der Waals surface area contributed by atoms with Crippen LogP contribution < -0.4 is 15.4 Å². The summed E-state index contributed by atoms with van der Waals surface area (Å²) in [5.41, 5.74) is -0.806. The predicted octanol–water partition coefficient (Wildman–Crippen LogP) is 3.23. The molecule has 2 unspecified atom stereocenters. The van der Waals surface area contributed by atoms with E-state index < -0.39 is 11.7 Å². The van der Waals surface area contributed by atoms with Gasteiger partial charge in [0.05, 0.1) is 12.1 Å². The lowest BCUT2D eigenvalue weighted by Gasteiger charge is -2.28. The first-order chi connectivity index (χ1) is 11.9. The minimum atomic E-state index is -4.46. The van der Waals surface area contributed by atoms with Crippen molar-refractivity contribution in [3.63, 3.8) is 0 Å². The molecule has 0 saturated carbocycles. The van der Waals surface area contributed by atoms with Gasteiger partial charge in [0.15, 0.2) is 0 Å². The van der Waals surface area contributed by atoms with Crippen molar-refractivity contribution >= 4 is 5.91 Å². The van der Waals surface area contributed by atoms with Gasteiger partial charge in [0.1, 0.15) is 12.4 Å². The minimum absolute atomic E-state index is 0.00179. The summed E-state index contributed by atoms with van der Waals surface area (Å²) in [7, 11) is 0. The highest BCUT2D eigenvalue weighted by molar-refractivity contribution is 5.76. The molecule has 0 aromatic heterocycles. The van der Waals surface area contributed by atoms with Gasteiger partial charge in [-0.2, -0.15) is 13.2 Å². The van der Waals surface area contributed by atoms with Gasteiger partial charge in [0.25, 0.3) is 0 Å². The monoisotopic (exact) mass is 358 g/mol. The van der Waals surface area contributed by atoms with Gasteiger partial charge in [-0.25, -0.2) is 0 Å². The summed E-state index contributed by atoms with van der Waals surface area (Å²) >= 11 is 0. The molecular formula is C18H25F3N2O2. The molecule has 0 radical (unpaired) electrons. The second kappa shape index (κ2) is 9.08. The van der Waals surface area contributed by atoms with Gasteiger partial charge in [0.2, 0.25) is 5.91 Å². The highest BCUT2D eigenvalue weighted by Crippen LogP contribution is 2.35. The number of hydrogen-bond donors (Lipinski definition) is 2. The number of ether oxygens (including phenoxy) is 1. The normalized spacial score (nSPS) is 19.3. The number of nitrogens with one attached hydrogen (secondary N) is 2. The van der Waals surface area contributed by atoms with Crippen molar-refractivity contribution in [1.82, 2.24) is 10.6 Å². The number of carbonyl (C=O) groups is 1. The maximum atomic E-state index is 12.9. The zero-order valence-electron chi connectivity index (χ0n) is 14.4. The lowest BCUT2D eigenvalue weighted by Crippen LogP contribution is -2.36. The van der Waals surface area contributed by atoms with Crippen molar-refractivity contribution < 1.29 is 22.7 Å². The van der Waals surface area contributed by atoms with Gasteiger partial charge >= 0.3 is 6.18 Å². The molecule has 7 heteroatoms. The van der Waals surface area contributed by atoms with Crippen LogP contribution in [-0.4, -0.2) is 32.1 Å². The smallest absolute Gasteiger partial charge is 0.419 e. The van der Waals surface area contributed by atoms with Crippen LogP contribution in [-0.2, 0) is 11.0 Å². The Balaban J connectivity index is 1.71. The van der Waals surface area contributed by atoms with Crippen LogP contribution in [0, 0.1) is 11.8 Å². The fourth-order valence-electron chi connectivity index (χ4n) is 3.07. The largest absolute Gasteiger partial charge is 0.491 e. The van der Waals surface area contributed by atoms with E-state index in [2.05, 4.69) is 17.6 Å². The molecule has 0 bridgehead atoms. The number of piperidine rings is 1. The third kappa shape index (κ3) is 6.23. The molecule has 1 aliphatic rings. The Morgan fingerprint density at radius 3 is 2.84 bits per heavy atom. The van der Waals surface area contributed by atoms with Crippen molar-refractivity contribution in [3.8, 4) is 5.75 Å². The molecule has 2 N–H and O–H groups in total. The summed E-state index contributed by atoms with van der Waals surface area (Å²) in [5, 5.41) is 6.05. The molecular weight excluding hydrogens is 333 g/mol. The lowest BCUT2D eigenvalue weighted by molar-refractivity contribution is -0.139. The van der Waals surface area contributed by atoms with Crippen LogP contribution in [0.3, 0.4) is 0 Å². The van der Waals surface area contributed by atoms with Crippen LogP contribution in [0.1, 0.15) is 31.7 Å². The summed E-state index contributed by atoms with van der Waals surface area (Å²) in [5.74, 6) is 0.464. The second-order valence-electron chi connectivity index (χ2n) is 6.48. The summed E-state index contributed by atoms with van der Waals surface area (Å²) in [4.78, 5) is 12.0. The molecule has 1 saturated heterocycles. The number of carbonyl (C=O) groups excluding carboxylic acids is 1. The van der Waals surface area contributed by atoms with E-state index in [1.54, 1.807) is 0 Å². The molecule has 2 rings (SSSR count). The molecule has 1 aromatic rings. The van der Waals surface area contributed by atoms with Crippen LogP contribution in [0.15, 0.2) is 24.3 Å². The Bertz CT molecular complexity index is 557. The quantitative estimate of drug-likeness (QED) is 0.736. The third-order valence-corrected chi connectivity index (χ3v) is 4.52. The number of rotatable bonds is 7. The number of halogens is 3. The molecule has 1 heterocycles. The highest BCUT2D eigenvalue weighted by atomic mass is 19.4. The standard InChI is InChI=1S/C18H25F3N2O2/c1-13(14-5-4-8-22-12-14)11-17(24)23-9-10-25-16-7-3-2-6-15(16)18(19,20)21/h2-3,6-7,13-14,22H,4-5,8-12H2,1H3,(H,23,24). The van der Waals surface area contributed by atoms with Gasteiger partial charge in [-0.15, -0.1) is 0 Å². The molecule has 1 aliphatic heterocycles. The zero-order valence-corrected chi connectivity index (χ0v) is 14.4. The van der Waals surface area contributed by atoms with Crippen molar-refractivity contribution in [2.45, 2.75) is 32.4 Å². The average molecular weight is 358 g/mol. The Kier molecular flexibility index (Phi) is 7.11. The van der Waals surface area contributed by atoms with Crippen LogP contribution in [0.5, 0.6) is 5.75 Å². The molecule has 0 spiro atoms. The molecule has 1 amide bonds. The van der Waals surface area contributed by atoms with E-state index in [0.29, 0.717) is 12.3 Å². The summed E-state index contributed by atoms with van der Waals surface area (Å²) in [6, 6.07) is 5.07. The fraction of sp³-hybridized carbons (Fsp3) is 0.611. The van der Waals surface area contributed by atoms with Crippen molar-refractivity contribution in [1.29, 1.82) is 0 Å². The topological polar surface area (TPSA) is 50.4 Å². The fourth-order valence-corrected chi connectivity index (χ4v) is 3.07. The van der Waals surface area contributed by atoms with Crippen molar-refractivity contribution in [3.05, 3.63) is 29.8 Å². The number of amides is 1. The van der Waals surface area contributed by atoms with Gasteiger partial charge in [0, 0.05) is 6.42 Å². The van der Waals surface area contributed by atoms with E-state index in [9.17, 15) is 18.0 Å². The van der Waals surface area contributed by atoms with Gasteiger partial charge in [-0.3, -0.25) is 4.79 Å². The molecule has 1 aromatic carbocycles. The number of para-hydroxylation sites is 1. The first-order valence-electron chi connectivity index (χ1n) is 8.64. The van der Waals surface area contributed by atoms with Crippen LogP contribution in [0.2, 0.25) is 0 Å². The molecule has 2 atom stereocenters. The van der Waals surface area contributed by atoms with E-state index in [-0.39, 0.29) is 30.7 Å². The number of hydrogen-bond acceptors (Lipinski definition) is 3. The molecule has 140 valence electrons. The molecule has 4 nitrogen and oxygen atoms in total. The van der Waals surface area contributed by atoms with Gasteiger partial charge in [-0.1, -0.05) is 19.1 Å². The van der Waals surface area contributed by atoms with Crippen molar-refractivity contribution in [2.24, 2.45) is 11.8 Å². The first kappa shape index (κ1) is 19.6. The molecule has 0 aliphatic carbocycles. The Labute approximate surface area is 146 Å². The summed E-state index contributed by atoms with van der Waals surface area (Å²) in [6.07, 6.45) is -1.78. The summed E-state index contributed by atoms with van der Waals surface area (Å²) in [6.45, 7) is 4.21. The Morgan fingerprint density at radius 1 is 1.40 bits per heavy atom. The predicted molar refractivity (Wildman–Crippen MR) is 89.3 cm³/mol. The lowest BCUT2D eigenvalue weighted by atomic mass is 9.85. The third-order valence-electron chi connectivity index (χ3n) is 4.52. The highest BCUT2D eigenvalue weighted by Gasteiger charge is 2.33. The summed E-state index contributed by atoms with van der Waals surface area (Å²) < 4.78 is 43.7. The maximum absolute atomic E-state index is 12.9. The first-order valence-corrected chi connectivity index (χ1v) is 8.64. The minimum Gasteiger partial charge on any atom is -0.491 e. The van der Waals surface area contributed by atoms with E-state index in [0.717, 1.165) is 32.0 Å². The van der Waals surface area contributed by atoms with E-state index >= 15 is 0 Å². The van der Waals surface area contributed by atoms with E-state index in [4.69, 9.17) is 4.74 Å². The second-order valence-corrected chi connectivity index (χ2v) is 6.48. The van der Waals surface area contributed by atoms with Crippen LogP contribution in [0.4, 0.5) is 13.2 Å². The Hall–Kier alpha value is -1.76. The van der Waals surface area contributed by atoms with Crippen LogP contribution >= 0.6 is 0 Å². The molecule has 25 heavy (non-hydrogen) atoms. The zero-order chi connectivity index (χ0) is 18.3. The Morgan fingerprint density at radius 2 is 2.16 bits per heavy atom. The molecule has 1 fully saturated rings. The van der Waals surface area contributed by atoms with E-state index in [1.165, 1.54) is 18.2 Å². The average Bonchev–Trinajstić information content (AvgIpc) is 2.59. The van der Waals surface area contributed by atoms with E-state index in [1.807, 2.05) is 0 Å². The van der Waals surface area contributed by atoms with Gasteiger partial charge < -0.3 is 15.4 Å². The SMILES string of the molecule is CC(CC(=O)NCCOc1ccccc1C(F)(F)F)C1CCCNC1. The maximum Gasteiger partial charge on any atom is 0.419 e. The van der Waals surface area contributed by atoms with Gasteiger partial charge in [-0.05, 0) is 49.9 Å².